The second kappa shape index (κ2) is 6.81. The van der Waals surface area contributed by atoms with Crippen LogP contribution in [-0.2, 0) is 16.0 Å². The van der Waals surface area contributed by atoms with Crippen LogP contribution in [0.3, 0.4) is 0 Å². The first-order valence-electron chi connectivity index (χ1n) is 5.61. The van der Waals surface area contributed by atoms with Crippen LogP contribution in [0.5, 0.6) is 0 Å². The predicted octanol–water partition coefficient (Wildman–Crippen LogP) is 1.25. The molecule has 0 spiro atoms. The maximum atomic E-state index is 11.0. The summed E-state index contributed by atoms with van der Waals surface area (Å²) in [5.41, 5.74) is 1.10. The van der Waals surface area contributed by atoms with E-state index >= 15 is 0 Å². The molecule has 0 aromatic heterocycles. The molecule has 0 amide bonds. The van der Waals surface area contributed by atoms with Crippen molar-refractivity contribution in [3.8, 4) is 0 Å². The largest absolute Gasteiger partial charge is 0.480 e. The molecule has 0 radical (unpaired) electrons. The number of carbonyl (C=O) groups excluding carboxylic acids is 1. The van der Waals surface area contributed by atoms with E-state index in [1.54, 1.807) is 6.92 Å². The first kappa shape index (κ1) is 13.4. The molecule has 0 aliphatic rings. The van der Waals surface area contributed by atoms with E-state index in [2.05, 4.69) is 5.32 Å². The van der Waals surface area contributed by atoms with Crippen molar-refractivity contribution in [2.75, 3.05) is 0 Å². The third-order valence-corrected chi connectivity index (χ3v) is 2.53. The van der Waals surface area contributed by atoms with E-state index in [-0.39, 0.29) is 0 Å². The molecule has 4 heteroatoms. The zero-order valence-corrected chi connectivity index (χ0v) is 9.80. The normalized spacial score (nSPS) is 13.9. The molecule has 0 fully saturated rings. The van der Waals surface area contributed by atoms with Crippen LogP contribution in [0.25, 0.3) is 0 Å². The average molecular weight is 235 g/mol. The molecule has 0 saturated heterocycles. The van der Waals surface area contributed by atoms with Crippen LogP contribution < -0.4 is 5.32 Å². The van der Waals surface area contributed by atoms with E-state index in [1.807, 2.05) is 30.3 Å². The van der Waals surface area contributed by atoms with Gasteiger partial charge in [0.1, 0.15) is 12.3 Å². The van der Waals surface area contributed by atoms with Crippen molar-refractivity contribution < 1.29 is 14.7 Å². The van der Waals surface area contributed by atoms with Gasteiger partial charge in [-0.1, -0.05) is 30.3 Å². The van der Waals surface area contributed by atoms with Gasteiger partial charge in [-0.3, -0.25) is 10.1 Å². The summed E-state index contributed by atoms with van der Waals surface area (Å²) in [6.07, 6.45) is 1.85. The molecule has 1 rings (SSSR count). The summed E-state index contributed by atoms with van der Waals surface area (Å²) in [5.74, 6) is -0.922. The molecule has 0 bridgehead atoms. The minimum Gasteiger partial charge on any atom is -0.480 e. The Kier molecular flexibility index (Phi) is 5.36. The Balaban J connectivity index is 2.50. The number of hydrogen-bond donors (Lipinski definition) is 2. The Labute approximate surface area is 101 Å². The van der Waals surface area contributed by atoms with Gasteiger partial charge in [-0.25, -0.2) is 0 Å². The first-order valence-corrected chi connectivity index (χ1v) is 5.61. The summed E-state index contributed by atoms with van der Waals surface area (Å²) < 4.78 is 0. The second-order valence-electron chi connectivity index (χ2n) is 4.01. The molecule has 1 aromatic rings. The number of rotatable bonds is 7. The maximum absolute atomic E-state index is 11.0. The average Bonchev–Trinajstić information content (AvgIpc) is 2.35. The highest BCUT2D eigenvalue weighted by Gasteiger charge is 2.18. The number of aldehydes is 1. The lowest BCUT2D eigenvalue weighted by atomic mass is 10.0. The van der Waals surface area contributed by atoms with Crippen LogP contribution in [0.1, 0.15) is 18.9 Å². The lowest BCUT2D eigenvalue weighted by Gasteiger charge is -2.16. The minimum absolute atomic E-state index is 0.438. The third kappa shape index (κ3) is 4.78. The highest BCUT2D eigenvalue weighted by molar-refractivity contribution is 5.74. The Hall–Kier alpha value is -1.68. The Morgan fingerprint density at radius 1 is 1.41 bits per heavy atom. The number of carboxylic acids is 1. The van der Waals surface area contributed by atoms with Gasteiger partial charge in [0.25, 0.3) is 0 Å². The van der Waals surface area contributed by atoms with Gasteiger partial charge in [0.05, 0.1) is 6.04 Å². The molecule has 2 N–H and O–H groups in total. The number of carbonyl (C=O) groups is 2. The van der Waals surface area contributed by atoms with Crippen LogP contribution in [-0.4, -0.2) is 29.4 Å². The molecular formula is C13H17NO3. The monoisotopic (exact) mass is 235 g/mol. The summed E-state index contributed by atoms with van der Waals surface area (Å²) in [6.45, 7) is 1.64. The van der Waals surface area contributed by atoms with Crippen molar-refractivity contribution >= 4 is 12.3 Å². The fraction of sp³-hybridized carbons (Fsp3) is 0.385. The van der Waals surface area contributed by atoms with Crippen molar-refractivity contribution in [2.24, 2.45) is 0 Å². The standard InChI is InChI=1S/C13H17NO3/c1-10(9-15)14-12(13(16)17)8-7-11-5-3-2-4-6-11/h2-6,9-10,12,14H,7-8H2,1H3,(H,16,17)/t10-,12?/m0/s1. The van der Waals surface area contributed by atoms with E-state index in [1.165, 1.54) is 0 Å². The van der Waals surface area contributed by atoms with Crippen molar-refractivity contribution in [3.05, 3.63) is 35.9 Å². The predicted molar refractivity (Wildman–Crippen MR) is 64.8 cm³/mol. The summed E-state index contributed by atoms with van der Waals surface area (Å²) in [6, 6.07) is 8.57. The quantitative estimate of drug-likeness (QED) is 0.698. The molecule has 17 heavy (non-hydrogen) atoms. The number of benzene rings is 1. The minimum atomic E-state index is -0.922. The molecule has 1 aromatic carbocycles. The van der Waals surface area contributed by atoms with Gasteiger partial charge in [-0.2, -0.15) is 0 Å². The zero-order valence-electron chi connectivity index (χ0n) is 9.80. The van der Waals surface area contributed by atoms with E-state index in [9.17, 15) is 9.59 Å². The van der Waals surface area contributed by atoms with E-state index in [0.717, 1.165) is 5.56 Å². The Morgan fingerprint density at radius 2 is 2.06 bits per heavy atom. The van der Waals surface area contributed by atoms with E-state index in [4.69, 9.17) is 5.11 Å². The van der Waals surface area contributed by atoms with Crippen molar-refractivity contribution in [3.63, 3.8) is 0 Å². The van der Waals surface area contributed by atoms with Crippen molar-refractivity contribution in [2.45, 2.75) is 31.8 Å². The number of aliphatic carboxylic acids is 1. The van der Waals surface area contributed by atoms with Crippen molar-refractivity contribution in [1.29, 1.82) is 0 Å². The fourth-order valence-electron chi connectivity index (χ4n) is 1.59. The third-order valence-electron chi connectivity index (χ3n) is 2.53. The topological polar surface area (TPSA) is 66.4 Å². The summed E-state index contributed by atoms with van der Waals surface area (Å²) >= 11 is 0. The number of nitrogens with one attached hydrogen (secondary N) is 1. The molecule has 0 heterocycles. The van der Waals surface area contributed by atoms with Crippen LogP contribution in [0, 0.1) is 0 Å². The van der Waals surface area contributed by atoms with Crippen LogP contribution in [0.2, 0.25) is 0 Å². The van der Waals surface area contributed by atoms with Gasteiger partial charge >= 0.3 is 5.97 Å². The van der Waals surface area contributed by atoms with Crippen LogP contribution in [0.15, 0.2) is 30.3 Å². The highest BCUT2D eigenvalue weighted by Crippen LogP contribution is 2.05. The second-order valence-corrected chi connectivity index (χ2v) is 4.01. The lowest BCUT2D eigenvalue weighted by Crippen LogP contribution is -2.43. The van der Waals surface area contributed by atoms with E-state index in [0.29, 0.717) is 19.1 Å². The van der Waals surface area contributed by atoms with Gasteiger partial charge in [0.2, 0.25) is 0 Å². The summed E-state index contributed by atoms with van der Waals surface area (Å²) in [5, 5.41) is 11.8. The van der Waals surface area contributed by atoms with Gasteiger partial charge < -0.3 is 9.90 Å². The van der Waals surface area contributed by atoms with E-state index < -0.39 is 18.1 Å². The molecule has 0 aliphatic heterocycles. The van der Waals surface area contributed by atoms with Gasteiger partial charge in [-0.15, -0.1) is 0 Å². The van der Waals surface area contributed by atoms with Gasteiger partial charge in [0.15, 0.2) is 0 Å². The number of hydrogen-bond acceptors (Lipinski definition) is 3. The SMILES string of the molecule is C[C@@H](C=O)NC(CCc1ccccc1)C(=O)O. The highest BCUT2D eigenvalue weighted by atomic mass is 16.4. The molecular weight excluding hydrogens is 218 g/mol. The summed E-state index contributed by atoms with van der Waals surface area (Å²) in [7, 11) is 0. The molecule has 2 atom stereocenters. The Bertz CT molecular complexity index is 364. The van der Waals surface area contributed by atoms with Gasteiger partial charge in [0, 0.05) is 0 Å². The Morgan fingerprint density at radius 3 is 2.59 bits per heavy atom. The smallest absolute Gasteiger partial charge is 0.320 e. The van der Waals surface area contributed by atoms with Crippen LogP contribution in [0.4, 0.5) is 0 Å². The molecule has 4 nitrogen and oxygen atoms in total. The number of carboxylic acid groups (broad SMARTS) is 1. The molecule has 0 saturated carbocycles. The molecule has 0 aliphatic carbocycles. The fourth-order valence-corrected chi connectivity index (χ4v) is 1.59. The van der Waals surface area contributed by atoms with Crippen molar-refractivity contribution in [1.82, 2.24) is 5.32 Å². The molecule has 92 valence electrons. The maximum Gasteiger partial charge on any atom is 0.320 e. The van der Waals surface area contributed by atoms with Crippen LogP contribution >= 0.6 is 0 Å². The first-order chi connectivity index (χ1) is 8.13. The number of aryl methyl sites for hydroxylation is 1. The lowest BCUT2D eigenvalue weighted by molar-refractivity contribution is -0.139. The molecule has 1 unspecified atom stereocenters. The van der Waals surface area contributed by atoms with Gasteiger partial charge in [-0.05, 0) is 25.3 Å². The summed E-state index contributed by atoms with van der Waals surface area (Å²) in [4.78, 5) is 21.5. The zero-order chi connectivity index (χ0) is 12.7.